The maximum Gasteiger partial charge on any atom is 0.270 e. The molecule has 32 heavy (non-hydrogen) atoms. The number of nitrogens with zero attached hydrogens (tertiary/aromatic N) is 5. The Balaban J connectivity index is 0.00000363. The molecule has 3 rings (SSSR count). The van der Waals surface area contributed by atoms with Gasteiger partial charge in [-0.2, -0.15) is 5.10 Å². The Labute approximate surface area is 204 Å². The highest BCUT2D eigenvalue weighted by atomic mass is 127. The second-order valence-electron chi connectivity index (χ2n) is 7.27. The van der Waals surface area contributed by atoms with Gasteiger partial charge in [-0.05, 0) is 25.0 Å². The number of aryl methyl sites for hydroxylation is 1. The average molecular weight is 577 g/mol. The summed E-state index contributed by atoms with van der Waals surface area (Å²) in [5.41, 5.74) is 0.929. The molecule has 1 aromatic heterocycles. The summed E-state index contributed by atoms with van der Waals surface area (Å²) in [6.45, 7) is 4.67. The third-order valence-electron chi connectivity index (χ3n) is 5.02. The number of hydrogen-bond donors (Lipinski definition) is 2. The number of aromatic nitrogens is 2. The molecule has 1 aromatic carbocycles. The molecular formula is C19H28IN7O4S. The minimum atomic E-state index is -3.86. The predicted octanol–water partition coefficient (Wildman–Crippen LogP) is 1.68. The zero-order valence-corrected chi connectivity index (χ0v) is 21.1. The number of sulfonamides is 1. The van der Waals surface area contributed by atoms with Gasteiger partial charge >= 0.3 is 0 Å². The number of guanidine groups is 1. The number of nitro groups is 1. The molecule has 1 fully saturated rings. The molecule has 0 bridgehead atoms. The maximum atomic E-state index is 12.4. The van der Waals surface area contributed by atoms with E-state index in [0.29, 0.717) is 12.5 Å². The molecule has 0 amide bonds. The van der Waals surface area contributed by atoms with Crippen LogP contribution in [0.5, 0.6) is 0 Å². The molecule has 1 saturated heterocycles. The summed E-state index contributed by atoms with van der Waals surface area (Å²) in [7, 11) is -1.96. The van der Waals surface area contributed by atoms with Crippen molar-refractivity contribution in [1.29, 1.82) is 0 Å². The van der Waals surface area contributed by atoms with E-state index in [1.165, 1.54) is 23.8 Å². The van der Waals surface area contributed by atoms with Gasteiger partial charge in [0.05, 0.1) is 22.6 Å². The molecule has 2 heterocycles. The number of halogens is 1. The van der Waals surface area contributed by atoms with Gasteiger partial charge in [0, 0.05) is 57.5 Å². The van der Waals surface area contributed by atoms with E-state index in [4.69, 9.17) is 0 Å². The van der Waals surface area contributed by atoms with Crippen LogP contribution in [0.4, 0.5) is 5.69 Å². The van der Waals surface area contributed by atoms with Crippen molar-refractivity contribution in [2.24, 2.45) is 12.0 Å². The lowest BCUT2D eigenvalue weighted by atomic mass is 10.0. The van der Waals surface area contributed by atoms with Gasteiger partial charge in [0.2, 0.25) is 10.0 Å². The van der Waals surface area contributed by atoms with Crippen LogP contribution in [0.15, 0.2) is 46.5 Å². The van der Waals surface area contributed by atoms with Crippen molar-refractivity contribution in [2.75, 3.05) is 32.7 Å². The fourth-order valence-electron chi connectivity index (χ4n) is 3.49. The van der Waals surface area contributed by atoms with E-state index in [0.717, 1.165) is 31.5 Å². The van der Waals surface area contributed by atoms with Crippen molar-refractivity contribution >= 4 is 45.6 Å². The molecule has 1 aliphatic rings. The molecule has 2 N–H and O–H groups in total. The Bertz CT molecular complexity index is 1060. The Hall–Kier alpha value is -2.26. The average Bonchev–Trinajstić information content (AvgIpc) is 3.39. The Morgan fingerprint density at radius 3 is 2.84 bits per heavy atom. The second kappa shape index (κ2) is 11.6. The highest BCUT2D eigenvalue weighted by Gasteiger charge is 2.27. The fraction of sp³-hybridized carbons (Fsp3) is 0.474. The molecule has 1 aliphatic heterocycles. The highest BCUT2D eigenvalue weighted by molar-refractivity contribution is 14.0. The van der Waals surface area contributed by atoms with Crippen LogP contribution in [0, 0.1) is 10.1 Å². The van der Waals surface area contributed by atoms with Gasteiger partial charge in [0.1, 0.15) is 0 Å². The van der Waals surface area contributed by atoms with Crippen LogP contribution < -0.4 is 10.0 Å². The summed E-state index contributed by atoms with van der Waals surface area (Å²) in [6, 6.07) is 4.96. The lowest BCUT2D eigenvalue weighted by Crippen LogP contribution is -2.40. The standard InChI is InChI=1S/C19H27N7O4S.HI/c1-3-20-19(25-10-7-15(14-25)16-12-22-24(2)13-16)21-8-9-23-31(29,30)18-6-4-5-17(11-18)26(27)28;/h4-6,11-13,15,23H,3,7-10,14H2,1-2H3,(H,20,21);1H. The van der Waals surface area contributed by atoms with Crippen LogP contribution in [-0.2, 0) is 17.1 Å². The number of likely N-dealkylation sites (tertiary alicyclic amines) is 1. The number of non-ortho nitro benzene ring substituents is 1. The third kappa shape index (κ3) is 6.62. The second-order valence-corrected chi connectivity index (χ2v) is 9.03. The predicted molar refractivity (Wildman–Crippen MR) is 132 cm³/mol. The topological polar surface area (TPSA) is 135 Å². The van der Waals surface area contributed by atoms with E-state index in [-0.39, 0.29) is 47.6 Å². The van der Waals surface area contributed by atoms with Crippen LogP contribution in [0.25, 0.3) is 0 Å². The molecule has 0 spiro atoms. The van der Waals surface area contributed by atoms with Crippen molar-refractivity contribution in [3.05, 3.63) is 52.3 Å². The van der Waals surface area contributed by atoms with E-state index >= 15 is 0 Å². The molecule has 11 nitrogen and oxygen atoms in total. The number of aliphatic imine (C=N–C) groups is 1. The highest BCUT2D eigenvalue weighted by Crippen LogP contribution is 2.26. The lowest BCUT2D eigenvalue weighted by Gasteiger charge is -2.21. The van der Waals surface area contributed by atoms with Crippen LogP contribution in [0.3, 0.4) is 0 Å². The Kier molecular flexibility index (Phi) is 9.39. The van der Waals surface area contributed by atoms with Crippen LogP contribution in [-0.4, -0.2) is 66.7 Å². The summed E-state index contributed by atoms with van der Waals surface area (Å²) in [4.78, 5) is 16.8. The van der Waals surface area contributed by atoms with Crippen LogP contribution in [0.2, 0.25) is 0 Å². The molecule has 13 heteroatoms. The number of nitrogens with one attached hydrogen (secondary N) is 2. The SMILES string of the molecule is CCNC(=NCCNS(=O)(=O)c1cccc([N+](=O)[O-])c1)N1CCC(c2cnn(C)c2)C1.I. The normalized spacial score (nSPS) is 16.6. The van der Waals surface area contributed by atoms with Gasteiger partial charge in [0.15, 0.2) is 5.96 Å². The molecule has 0 aliphatic carbocycles. The molecule has 0 saturated carbocycles. The van der Waals surface area contributed by atoms with Gasteiger partial charge in [-0.25, -0.2) is 13.1 Å². The van der Waals surface area contributed by atoms with Gasteiger partial charge in [-0.3, -0.25) is 19.8 Å². The lowest BCUT2D eigenvalue weighted by molar-refractivity contribution is -0.385. The summed E-state index contributed by atoms with van der Waals surface area (Å²) in [6.07, 6.45) is 4.91. The Morgan fingerprint density at radius 1 is 1.41 bits per heavy atom. The summed E-state index contributed by atoms with van der Waals surface area (Å²) in [5, 5.41) is 18.4. The number of rotatable bonds is 8. The van der Waals surface area contributed by atoms with Gasteiger partial charge < -0.3 is 10.2 Å². The summed E-state index contributed by atoms with van der Waals surface area (Å²) < 4.78 is 29.1. The number of benzene rings is 1. The molecule has 1 atom stereocenters. The van der Waals surface area contributed by atoms with Crippen LogP contribution >= 0.6 is 24.0 Å². The van der Waals surface area contributed by atoms with Crippen molar-refractivity contribution < 1.29 is 13.3 Å². The minimum absolute atomic E-state index is 0. The van der Waals surface area contributed by atoms with Crippen molar-refractivity contribution in [3.8, 4) is 0 Å². The molecule has 1 unspecified atom stereocenters. The first-order valence-corrected chi connectivity index (χ1v) is 11.5. The monoisotopic (exact) mass is 577 g/mol. The van der Waals surface area contributed by atoms with Crippen LogP contribution in [0.1, 0.15) is 24.8 Å². The van der Waals surface area contributed by atoms with E-state index in [2.05, 4.69) is 25.0 Å². The quantitative estimate of drug-likeness (QED) is 0.122. The van der Waals surface area contributed by atoms with Gasteiger partial charge in [-0.15, -0.1) is 24.0 Å². The number of hydrogen-bond acceptors (Lipinski definition) is 6. The maximum absolute atomic E-state index is 12.4. The Morgan fingerprint density at radius 2 is 2.19 bits per heavy atom. The summed E-state index contributed by atoms with van der Waals surface area (Å²) >= 11 is 0. The van der Waals surface area contributed by atoms with Crippen molar-refractivity contribution in [2.45, 2.75) is 24.2 Å². The zero-order valence-electron chi connectivity index (χ0n) is 18.0. The number of nitro benzene ring substituents is 1. The largest absolute Gasteiger partial charge is 0.357 e. The van der Waals surface area contributed by atoms with Gasteiger partial charge in [-0.1, -0.05) is 6.07 Å². The van der Waals surface area contributed by atoms with E-state index in [9.17, 15) is 18.5 Å². The molecular weight excluding hydrogens is 549 g/mol. The van der Waals surface area contributed by atoms with E-state index < -0.39 is 14.9 Å². The van der Waals surface area contributed by atoms with E-state index in [1.807, 2.05) is 26.4 Å². The van der Waals surface area contributed by atoms with Crippen molar-refractivity contribution in [3.63, 3.8) is 0 Å². The minimum Gasteiger partial charge on any atom is -0.357 e. The summed E-state index contributed by atoms with van der Waals surface area (Å²) in [5.74, 6) is 1.12. The first-order chi connectivity index (χ1) is 14.8. The van der Waals surface area contributed by atoms with Gasteiger partial charge in [0.25, 0.3) is 5.69 Å². The first kappa shape index (κ1) is 26.0. The first-order valence-electron chi connectivity index (χ1n) is 10.1. The molecule has 0 radical (unpaired) electrons. The third-order valence-corrected chi connectivity index (χ3v) is 6.48. The molecule has 2 aromatic rings. The smallest absolute Gasteiger partial charge is 0.270 e. The molecule has 176 valence electrons. The zero-order chi connectivity index (χ0) is 22.4. The van der Waals surface area contributed by atoms with E-state index in [1.54, 1.807) is 4.68 Å². The fourth-order valence-corrected chi connectivity index (χ4v) is 4.55. The van der Waals surface area contributed by atoms with Crippen molar-refractivity contribution in [1.82, 2.24) is 24.7 Å².